The van der Waals surface area contributed by atoms with Crippen molar-refractivity contribution in [1.82, 2.24) is 5.16 Å². The monoisotopic (exact) mass is 227 g/mol. The third-order valence-electron chi connectivity index (χ3n) is 2.61. The fraction of sp³-hybridized carbons (Fsp3) is 0. The Morgan fingerprint density at radius 3 is 2.65 bits per heavy atom. The lowest BCUT2D eigenvalue weighted by Gasteiger charge is -1.99. The van der Waals surface area contributed by atoms with Gasteiger partial charge in [-0.2, -0.15) is 0 Å². The topological polar surface area (TPSA) is 66.5 Å². The largest absolute Gasteiger partial charge is 0.508 e. The van der Waals surface area contributed by atoms with Crippen LogP contribution in [0.5, 0.6) is 11.5 Å². The Balaban J connectivity index is 2.29. The van der Waals surface area contributed by atoms with Gasteiger partial charge in [0.2, 0.25) is 0 Å². The van der Waals surface area contributed by atoms with Gasteiger partial charge in [0.1, 0.15) is 17.2 Å². The van der Waals surface area contributed by atoms with Gasteiger partial charge in [0.05, 0.1) is 5.39 Å². The van der Waals surface area contributed by atoms with E-state index in [1.165, 1.54) is 6.07 Å². The molecule has 3 rings (SSSR count). The molecule has 0 saturated carbocycles. The van der Waals surface area contributed by atoms with Crippen LogP contribution in [0.3, 0.4) is 0 Å². The number of benzene rings is 2. The van der Waals surface area contributed by atoms with E-state index in [-0.39, 0.29) is 11.5 Å². The molecule has 0 bridgehead atoms. The van der Waals surface area contributed by atoms with E-state index >= 15 is 0 Å². The maximum absolute atomic E-state index is 9.77. The number of aromatic hydroxyl groups is 2. The van der Waals surface area contributed by atoms with Crippen LogP contribution in [0.1, 0.15) is 0 Å². The van der Waals surface area contributed by atoms with Crippen molar-refractivity contribution >= 4 is 11.0 Å². The van der Waals surface area contributed by atoms with E-state index in [0.29, 0.717) is 16.8 Å². The minimum Gasteiger partial charge on any atom is -0.508 e. The molecule has 3 aromatic rings. The van der Waals surface area contributed by atoms with Gasteiger partial charge >= 0.3 is 0 Å². The first-order valence-electron chi connectivity index (χ1n) is 5.12. The van der Waals surface area contributed by atoms with Gasteiger partial charge in [0, 0.05) is 11.6 Å². The lowest BCUT2D eigenvalue weighted by atomic mass is 10.1. The summed E-state index contributed by atoms with van der Waals surface area (Å²) in [6.07, 6.45) is 0. The summed E-state index contributed by atoms with van der Waals surface area (Å²) in [6, 6.07) is 11.7. The van der Waals surface area contributed by atoms with E-state index in [9.17, 15) is 10.2 Å². The summed E-state index contributed by atoms with van der Waals surface area (Å²) in [6.45, 7) is 0. The highest BCUT2D eigenvalue weighted by Crippen LogP contribution is 2.34. The highest BCUT2D eigenvalue weighted by Gasteiger charge is 2.13. The molecule has 0 aliphatic rings. The molecule has 0 saturated heterocycles. The van der Waals surface area contributed by atoms with Crippen LogP contribution in [0.2, 0.25) is 0 Å². The average Bonchev–Trinajstić information content (AvgIpc) is 2.72. The first-order chi connectivity index (χ1) is 8.25. The molecule has 0 atom stereocenters. The summed E-state index contributed by atoms with van der Waals surface area (Å²) in [5.74, 6) is 0.272. The van der Waals surface area contributed by atoms with Crippen LogP contribution < -0.4 is 0 Å². The zero-order valence-electron chi connectivity index (χ0n) is 8.79. The Hall–Kier alpha value is -2.49. The van der Waals surface area contributed by atoms with Gasteiger partial charge in [0.15, 0.2) is 5.58 Å². The van der Waals surface area contributed by atoms with Crippen LogP contribution in [-0.2, 0) is 0 Å². The molecule has 0 radical (unpaired) electrons. The van der Waals surface area contributed by atoms with Crippen molar-refractivity contribution in [2.75, 3.05) is 0 Å². The number of phenols is 2. The molecule has 84 valence electrons. The molecule has 0 amide bonds. The molecule has 4 heteroatoms. The van der Waals surface area contributed by atoms with Crippen molar-refractivity contribution in [1.29, 1.82) is 0 Å². The summed E-state index contributed by atoms with van der Waals surface area (Å²) in [4.78, 5) is 0. The second-order valence-corrected chi connectivity index (χ2v) is 3.73. The van der Waals surface area contributed by atoms with Crippen LogP contribution >= 0.6 is 0 Å². The maximum atomic E-state index is 9.77. The van der Waals surface area contributed by atoms with E-state index in [4.69, 9.17) is 4.52 Å². The first-order valence-corrected chi connectivity index (χ1v) is 5.12. The van der Waals surface area contributed by atoms with Crippen LogP contribution in [0.25, 0.3) is 22.2 Å². The molecule has 4 nitrogen and oxygen atoms in total. The number of hydrogen-bond donors (Lipinski definition) is 2. The van der Waals surface area contributed by atoms with Gasteiger partial charge in [0.25, 0.3) is 0 Å². The van der Waals surface area contributed by atoms with Crippen molar-refractivity contribution in [2.45, 2.75) is 0 Å². The molecule has 1 heterocycles. The lowest BCUT2D eigenvalue weighted by molar-refractivity contribution is 0.449. The Labute approximate surface area is 96.7 Å². The highest BCUT2D eigenvalue weighted by atomic mass is 16.5. The van der Waals surface area contributed by atoms with Crippen molar-refractivity contribution in [2.24, 2.45) is 0 Å². The zero-order valence-corrected chi connectivity index (χ0v) is 8.79. The predicted octanol–water partition coefficient (Wildman–Crippen LogP) is 2.91. The molecule has 2 aromatic carbocycles. The Morgan fingerprint density at radius 1 is 1.00 bits per heavy atom. The molecule has 0 aliphatic heterocycles. The van der Waals surface area contributed by atoms with Gasteiger partial charge in [-0.1, -0.05) is 17.3 Å². The van der Waals surface area contributed by atoms with Gasteiger partial charge in [-0.05, 0) is 24.3 Å². The summed E-state index contributed by atoms with van der Waals surface area (Å²) < 4.78 is 5.12. The first kappa shape index (κ1) is 9.72. The second kappa shape index (κ2) is 3.52. The molecular weight excluding hydrogens is 218 g/mol. The van der Waals surface area contributed by atoms with Gasteiger partial charge in [-0.25, -0.2) is 0 Å². The predicted molar refractivity (Wildman–Crippen MR) is 62.8 cm³/mol. The normalized spacial score (nSPS) is 10.8. The fourth-order valence-corrected chi connectivity index (χ4v) is 1.79. The Morgan fingerprint density at radius 2 is 1.82 bits per heavy atom. The standard InChI is InChI=1S/C13H9NO3/c15-8-5-6-10-12(7-8)17-14-13(10)9-3-1-2-4-11(9)16/h1-7,15-16H. The van der Waals surface area contributed by atoms with E-state index in [1.807, 2.05) is 6.07 Å². The SMILES string of the molecule is Oc1ccc2c(-c3ccccc3O)noc2c1. The van der Waals surface area contributed by atoms with Crippen molar-refractivity contribution in [3.05, 3.63) is 42.5 Å². The van der Waals surface area contributed by atoms with Crippen LogP contribution in [-0.4, -0.2) is 15.4 Å². The Bertz CT molecular complexity index is 688. The maximum Gasteiger partial charge on any atom is 0.171 e. The smallest absolute Gasteiger partial charge is 0.171 e. The third-order valence-corrected chi connectivity index (χ3v) is 2.61. The van der Waals surface area contributed by atoms with Gasteiger partial charge in [-0.3, -0.25) is 0 Å². The molecule has 0 aliphatic carbocycles. The average molecular weight is 227 g/mol. The van der Waals surface area contributed by atoms with Crippen molar-refractivity contribution in [3.8, 4) is 22.8 Å². The number of rotatable bonds is 1. The van der Waals surface area contributed by atoms with Gasteiger partial charge in [-0.15, -0.1) is 0 Å². The number of nitrogens with zero attached hydrogens (tertiary/aromatic N) is 1. The molecule has 0 fully saturated rings. The van der Waals surface area contributed by atoms with E-state index in [1.54, 1.807) is 30.3 Å². The number of fused-ring (bicyclic) bond motifs is 1. The van der Waals surface area contributed by atoms with E-state index in [2.05, 4.69) is 5.16 Å². The third kappa shape index (κ3) is 1.50. The fourth-order valence-electron chi connectivity index (χ4n) is 1.79. The minimum atomic E-state index is 0.123. The van der Waals surface area contributed by atoms with E-state index < -0.39 is 0 Å². The lowest BCUT2D eigenvalue weighted by Crippen LogP contribution is -1.79. The molecule has 17 heavy (non-hydrogen) atoms. The number of hydrogen-bond acceptors (Lipinski definition) is 4. The number of para-hydroxylation sites is 1. The molecule has 0 spiro atoms. The number of phenolic OH excluding ortho intramolecular Hbond substituents is 2. The van der Waals surface area contributed by atoms with Crippen LogP contribution in [0, 0.1) is 0 Å². The van der Waals surface area contributed by atoms with Crippen LogP contribution in [0.4, 0.5) is 0 Å². The Kier molecular flexibility index (Phi) is 2.01. The van der Waals surface area contributed by atoms with Crippen LogP contribution in [0.15, 0.2) is 47.0 Å². The minimum absolute atomic E-state index is 0.123. The molecule has 1 aromatic heterocycles. The summed E-state index contributed by atoms with van der Waals surface area (Å²) >= 11 is 0. The second-order valence-electron chi connectivity index (χ2n) is 3.73. The molecule has 0 unspecified atom stereocenters. The van der Waals surface area contributed by atoms with Gasteiger partial charge < -0.3 is 14.7 Å². The number of aromatic nitrogens is 1. The highest BCUT2D eigenvalue weighted by molar-refractivity contribution is 5.93. The molecule has 2 N–H and O–H groups in total. The van der Waals surface area contributed by atoms with Crippen molar-refractivity contribution in [3.63, 3.8) is 0 Å². The molecular formula is C13H9NO3. The summed E-state index contributed by atoms with van der Waals surface area (Å²) in [7, 11) is 0. The summed E-state index contributed by atoms with van der Waals surface area (Å²) in [5, 5.41) is 23.8. The van der Waals surface area contributed by atoms with Crippen molar-refractivity contribution < 1.29 is 14.7 Å². The zero-order chi connectivity index (χ0) is 11.8. The van der Waals surface area contributed by atoms with E-state index in [0.717, 1.165) is 5.39 Å². The summed E-state index contributed by atoms with van der Waals surface area (Å²) in [5.41, 5.74) is 1.67. The quantitative estimate of drug-likeness (QED) is 0.670.